The van der Waals surface area contributed by atoms with Crippen molar-refractivity contribution in [2.75, 3.05) is 12.8 Å². The lowest BCUT2D eigenvalue weighted by Crippen LogP contribution is -2.02. The average molecular weight is 275 g/mol. The van der Waals surface area contributed by atoms with Gasteiger partial charge in [-0.2, -0.15) is 0 Å². The van der Waals surface area contributed by atoms with E-state index >= 15 is 0 Å². The van der Waals surface area contributed by atoms with Crippen molar-refractivity contribution in [2.45, 2.75) is 6.61 Å². The highest BCUT2D eigenvalue weighted by atomic mass is 16.6. The molecule has 0 saturated heterocycles. The van der Waals surface area contributed by atoms with Crippen LogP contribution in [-0.4, -0.2) is 17.0 Å². The van der Waals surface area contributed by atoms with Crippen LogP contribution in [0.1, 0.15) is 5.69 Å². The summed E-state index contributed by atoms with van der Waals surface area (Å²) in [6.07, 6.45) is 0. The molecule has 0 unspecified atom stereocenters. The Hall–Kier alpha value is -2.83. The lowest BCUT2D eigenvalue weighted by atomic mass is 10.3. The van der Waals surface area contributed by atoms with E-state index in [1.807, 2.05) is 0 Å². The van der Waals surface area contributed by atoms with Gasteiger partial charge in [0.1, 0.15) is 12.4 Å². The Kier molecular flexibility index (Phi) is 3.99. The Morgan fingerprint density at radius 1 is 1.30 bits per heavy atom. The summed E-state index contributed by atoms with van der Waals surface area (Å²) >= 11 is 0. The molecule has 7 nitrogen and oxygen atoms in total. The van der Waals surface area contributed by atoms with Crippen LogP contribution < -0.4 is 15.2 Å². The van der Waals surface area contributed by atoms with Crippen LogP contribution in [0.15, 0.2) is 36.4 Å². The van der Waals surface area contributed by atoms with Crippen LogP contribution in [0.2, 0.25) is 0 Å². The fraction of sp³-hybridized carbons (Fsp3) is 0.154. The zero-order valence-electron chi connectivity index (χ0n) is 10.8. The number of hydrogen-bond acceptors (Lipinski definition) is 6. The second-order valence-corrected chi connectivity index (χ2v) is 3.93. The van der Waals surface area contributed by atoms with Gasteiger partial charge in [0.25, 0.3) is 5.69 Å². The second kappa shape index (κ2) is 5.87. The van der Waals surface area contributed by atoms with Crippen molar-refractivity contribution in [1.82, 2.24) is 4.98 Å². The van der Waals surface area contributed by atoms with Gasteiger partial charge in [0, 0.05) is 6.07 Å². The average Bonchev–Trinajstić information content (AvgIpc) is 2.44. The molecule has 0 saturated carbocycles. The highest BCUT2D eigenvalue weighted by molar-refractivity contribution is 5.48. The maximum atomic E-state index is 10.8. The molecular weight excluding hydrogens is 262 g/mol. The number of methoxy groups -OCH3 is 1. The first kappa shape index (κ1) is 13.6. The molecule has 1 aromatic heterocycles. The SMILES string of the molecule is COc1ccc([N+](=O)[O-])cc1OCc1cccc(N)n1. The summed E-state index contributed by atoms with van der Waals surface area (Å²) in [5.74, 6) is 1.09. The van der Waals surface area contributed by atoms with Crippen LogP contribution in [0.25, 0.3) is 0 Å². The zero-order chi connectivity index (χ0) is 14.5. The zero-order valence-corrected chi connectivity index (χ0v) is 10.8. The third-order valence-electron chi connectivity index (χ3n) is 2.56. The van der Waals surface area contributed by atoms with Crippen molar-refractivity contribution in [1.29, 1.82) is 0 Å². The minimum absolute atomic E-state index is 0.0682. The predicted molar refractivity (Wildman–Crippen MR) is 72.6 cm³/mol. The van der Waals surface area contributed by atoms with E-state index in [0.29, 0.717) is 17.3 Å². The number of nitrogens with zero attached hydrogens (tertiary/aromatic N) is 2. The van der Waals surface area contributed by atoms with Crippen LogP contribution >= 0.6 is 0 Å². The van der Waals surface area contributed by atoms with Gasteiger partial charge in [0.05, 0.1) is 23.8 Å². The number of anilines is 1. The largest absolute Gasteiger partial charge is 0.493 e. The van der Waals surface area contributed by atoms with Crippen molar-refractivity contribution < 1.29 is 14.4 Å². The van der Waals surface area contributed by atoms with E-state index < -0.39 is 4.92 Å². The van der Waals surface area contributed by atoms with Crippen LogP contribution in [0.3, 0.4) is 0 Å². The van der Waals surface area contributed by atoms with E-state index in [4.69, 9.17) is 15.2 Å². The van der Waals surface area contributed by atoms with Gasteiger partial charge in [-0.25, -0.2) is 4.98 Å². The van der Waals surface area contributed by atoms with Gasteiger partial charge in [-0.3, -0.25) is 10.1 Å². The minimum Gasteiger partial charge on any atom is -0.493 e. The molecular formula is C13H13N3O4. The van der Waals surface area contributed by atoms with E-state index in [-0.39, 0.29) is 18.0 Å². The number of aromatic nitrogens is 1. The number of ether oxygens (including phenoxy) is 2. The number of rotatable bonds is 5. The van der Waals surface area contributed by atoms with Crippen molar-refractivity contribution >= 4 is 11.5 Å². The molecule has 2 aromatic rings. The number of nitrogens with two attached hydrogens (primary N) is 1. The molecule has 0 aliphatic rings. The minimum atomic E-state index is -0.495. The van der Waals surface area contributed by atoms with Gasteiger partial charge in [-0.1, -0.05) is 6.07 Å². The number of nitro groups is 1. The Morgan fingerprint density at radius 2 is 2.10 bits per heavy atom. The Bertz CT molecular complexity index is 631. The molecule has 7 heteroatoms. The fourth-order valence-electron chi connectivity index (χ4n) is 1.62. The van der Waals surface area contributed by atoms with E-state index in [1.54, 1.807) is 18.2 Å². The van der Waals surface area contributed by atoms with Crippen molar-refractivity contribution in [3.05, 3.63) is 52.2 Å². The molecule has 0 bridgehead atoms. The van der Waals surface area contributed by atoms with E-state index in [1.165, 1.54) is 25.3 Å². The first-order valence-corrected chi connectivity index (χ1v) is 5.77. The van der Waals surface area contributed by atoms with Crippen molar-refractivity contribution in [3.63, 3.8) is 0 Å². The molecule has 0 fully saturated rings. The highest BCUT2D eigenvalue weighted by Gasteiger charge is 2.12. The van der Waals surface area contributed by atoms with Gasteiger partial charge in [0.15, 0.2) is 11.5 Å². The Morgan fingerprint density at radius 3 is 2.75 bits per heavy atom. The molecule has 104 valence electrons. The molecule has 2 rings (SSSR count). The van der Waals surface area contributed by atoms with Crippen LogP contribution in [-0.2, 0) is 6.61 Å². The smallest absolute Gasteiger partial charge is 0.273 e. The van der Waals surface area contributed by atoms with Crippen LogP contribution in [0, 0.1) is 10.1 Å². The summed E-state index contributed by atoms with van der Waals surface area (Å²) in [5.41, 5.74) is 6.12. The summed E-state index contributed by atoms with van der Waals surface area (Å²) < 4.78 is 10.6. The molecule has 2 N–H and O–H groups in total. The van der Waals surface area contributed by atoms with E-state index in [2.05, 4.69) is 4.98 Å². The molecule has 1 heterocycles. The Balaban J connectivity index is 2.19. The maximum absolute atomic E-state index is 10.8. The van der Waals surface area contributed by atoms with Gasteiger partial charge in [-0.15, -0.1) is 0 Å². The third-order valence-corrected chi connectivity index (χ3v) is 2.56. The van der Waals surface area contributed by atoms with Gasteiger partial charge in [0.2, 0.25) is 0 Å². The van der Waals surface area contributed by atoms with E-state index in [9.17, 15) is 10.1 Å². The predicted octanol–water partition coefficient (Wildman–Crippen LogP) is 2.16. The molecule has 20 heavy (non-hydrogen) atoms. The summed E-state index contributed by atoms with van der Waals surface area (Å²) in [7, 11) is 1.47. The van der Waals surface area contributed by atoms with Crippen molar-refractivity contribution in [2.24, 2.45) is 0 Å². The lowest BCUT2D eigenvalue weighted by molar-refractivity contribution is -0.385. The number of pyridine rings is 1. The first-order valence-electron chi connectivity index (χ1n) is 5.77. The topological polar surface area (TPSA) is 101 Å². The first-order chi connectivity index (χ1) is 9.60. The molecule has 0 atom stereocenters. The second-order valence-electron chi connectivity index (χ2n) is 3.93. The molecule has 0 spiro atoms. The molecule has 0 aliphatic heterocycles. The quantitative estimate of drug-likeness (QED) is 0.662. The van der Waals surface area contributed by atoms with Crippen LogP contribution in [0.5, 0.6) is 11.5 Å². The number of non-ortho nitro benzene ring substituents is 1. The summed E-state index contributed by atoms with van der Waals surface area (Å²) in [4.78, 5) is 14.3. The summed E-state index contributed by atoms with van der Waals surface area (Å²) in [5, 5.41) is 10.8. The number of nitro benzene ring substituents is 1. The van der Waals surface area contributed by atoms with Gasteiger partial charge in [-0.05, 0) is 18.2 Å². The van der Waals surface area contributed by atoms with Crippen LogP contribution in [0.4, 0.5) is 11.5 Å². The lowest BCUT2D eigenvalue weighted by Gasteiger charge is -2.10. The normalized spacial score (nSPS) is 10.1. The summed E-state index contributed by atoms with van der Waals surface area (Å²) in [6, 6.07) is 9.32. The number of hydrogen-bond donors (Lipinski definition) is 1. The molecule has 0 aliphatic carbocycles. The standard InChI is InChI=1S/C13H13N3O4/c1-19-11-6-5-10(16(17)18)7-12(11)20-8-9-3-2-4-13(14)15-9/h2-7H,8H2,1H3,(H2,14,15). The van der Waals surface area contributed by atoms with Gasteiger partial charge < -0.3 is 15.2 Å². The number of benzene rings is 1. The maximum Gasteiger partial charge on any atom is 0.273 e. The third kappa shape index (κ3) is 3.14. The molecule has 1 aromatic carbocycles. The summed E-state index contributed by atoms with van der Waals surface area (Å²) in [6.45, 7) is 0.141. The monoisotopic (exact) mass is 275 g/mol. The molecule has 0 radical (unpaired) electrons. The fourth-order valence-corrected chi connectivity index (χ4v) is 1.62. The highest BCUT2D eigenvalue weighted by Crippen LogP contribution is 2.31. The number of nitrogen functional groups attached to an aromatic ring is 1. The molecule has 0 amide bonds. The van der Waals surface area contributed by atoms with Gasteiger partial charge >= 0.3 is 0 Å². The van der Waals surface area contributed by atoms with Crippen molar-refractivity contribution in [3.8, 4) is 11.5 Å². The Labute approximate surface area is 115 Å². The van der Waals surface area contributed by atoms with E-state index in [0.717, 1.165) is 0 Å².